The molecular formula is C17H19N5OS. The van der Waals surface area contributed by atoms with Gasteiger partial charge in [0.25, 0.3) is 0 Å². The number of carbonyl (C=O) groups excluding carboxylic acids is 1. The summed E-state index contributed by atoms with van der Waals surface area (Å²) in [5.74, 6) is -0.0261. The third kappa shape index (κ3) is 4.20. The van der Waals surface area contributed by atoms with Crippen LogP contribution in [0.5, 0.6) is 0 Å². The SMILES string of the molecule is CCc1ccc(CNC(=O)CNc2ccc(-n3cncn3)cc2)s1. The van der Waals surface area contributed by atoms with Gasteiger partial charge in [-0.25, -0.2) is 9.67 Å². The molecule has 0 unspecified atom stereocenters. The van der Waals surface area contributed by atoms with Crippen LogP contribution in [0.2, 0.25) is 0 Å². The lowest BCUT2D eigenvalue weighted by Crippen LogP contribution is -2.29. The third-order valence-electron chi connectivity index (χ3n) is 3.53. The largest absolute Gasteiger partial charge is 0.376 e. The average molecular weight is 341 g/mol. The Labute approximate surface area is 144 Å². The summed E-state index contributed by atoms with van der Waals surface area (Å²) in [4.78, 5) is 18.4. The van der Waals surface area contributed by atoms with Crippen molar-refractivity contribution in [3.05, 3.63) is 58.8 Å². The lowest BCUT2D eigenvalue weighted by atomic mass is 10.3. The first-order valence-electron chi connectivity index (χ1n) is 7.78. The van der Waals surface area contributed by atoms with Crippen molar-refractivity contribution in [2.24, 2.45) is 0 Å². The summed E-state index contributed by atoms with van der Waals surface area (Å²) >= 11 is 1.74. The molecule has 0 saturated heterocycles. The monoisotopic (exact) mass is 341 g/mol. The van der Waals surface area contributed by atoms with Crippen molar-refractivity contribution in [2.45, 2.75) is 19.9 Å². The second kappa shape index (κ2) is 7.74. The molecule has 6 nitrogen and oxygen atoms in total. The number of amides is 1. The minimum absolute atomic E-state index is 0.0261. The van der Waals surface area contributed by atoms with Gasteiger partial charge in [-0.1, -0.05) is 6.92 Å². The predicted octanol–water partition coefficient (Wildman–Crippen LogP) is 2.62. The van der Waals surface area contributed by atoms with Crippen molar-refractivity contribution in [1.29, 1.82) is 0 Å². The summed E-state index contributed by atoms with van der Waals surface area (Å²) < 4.78 is 1.68. The highest BCUT2D eigenvalue weighted by Crippen LogP contribution is 2.16. The van der Waals surface area contributed by atoms with Gasteiger partial charge in [0.05, 0.1) is 18.8 Å². The van der Waals surface area contributed by atoms with Gasteiger partial charge >= 0.3 is 0 Å². The summed E-state index contributed by atoms with van der Waals surface area (Å²) in [5.41, 5.74) is 1.81. The number of aryl methyl sites for hydroxylation is 1. The maximum Gasteiger partial charge on any atom is 0.239 e. The molecule has 124 valence electrons. The molecule has 7 heteroatoms. The number of rotatable bonds is 7. The highest BCUT2D eigenvalue weighted by atomic mass is 32.1. The van der Waals surface area contributed by atoms with Crippen LogP contribution < -0.4 is 10.6 Å². The van der Waals surface area contributed by atoms with E-state index < -0.39 is 0 Å². The topological polar surface area (TPSA) is 71.8 Å². The van der Waals surface area contributed by atoms with Gasteiger partial charge in [-0.15, -0.1) is 11.3 Å². The van der Waals surface area contributed by atoms with Gasteiger partial charge in [0, 0.05) is 15.4 Å². The fourth-order valence-electron chi connectivity index (χ4n) is 2.21. The minimum Gasteiger partial charge on any atom is -0.376 e. The molecule has 3 rings (SSSR count). The first kappa shape index (κ1) is 16.2. The Morgan fingerprint density at radius 3 is 2.62 bits per heavy atom. The number of nitrogens with one attached hydrogen (secondary N) is 2. The van der Waals surface area contributed by atoms with Gasteiger partial charge in [0.15, 0.2) is 0 Å². The van der Waals surface area contributed by atoms with Crippen molar-refractivity contribution < 1.29 is 4.79 Å². The quantitative estimate of drug-likeness (QED) is 0.693. The maximum absolute atomic E-state index is 11.9. The van der Waals surface area contributed by atoms with E-state index in [2.05, 4.69) is 39.8 Å². The smallest absolute Gasteiger partial charge is 0.239 e. The third-order valence-corrected chi connectivity index (χ3v) is 4.76. The lowest BCUT2D eigenvalue weighted by molar-refractivity contribution is -0.119. The van der Waals surface area contributed by atoms with E-state index in [0.717, 1.165) is 17.8 Å². The van der Waals surface area contributed by atoms with E-state index in [1.165, 1.54) is 16.1 Å². The van der Waals surface area contributed by atoms with E-state index in [9.17, 15) is 4.79 Å². The van der Waals surface area contributed by atoms with Crippen LogP contribution in [0.3, 0.4) is 0 Å². The molecule has 1 aromatic carbocycles. The van der Waals surface area contributed by atoms with Gasteiger partial charge in [0.2, 0.25) is 5.91 Å². The van der Waals surface area contributed by atoms with E-state index in [1.807, 2.05) is 24.3 Å². The van der Waals surface area contributed by atoms with Crippen molar-refractivity contribution >= 4 is 22.9 Å². The molecule has 0 fully saturated rings. The summed E-state index contributed by atoms with van der Waals surface area (Å²) in [6.07, 6.45) is 4.17. The van der Waals surface area contributed by atoms with Gasteiger partial charge in [0.1, 0.15) is 12.7 Å². The molecule has 0 bridgehead atoms. The van der Waals surface area contributed by atoms with Crippen LogP contribution in [0.1, 0.15) is 16.7 Å². The van der Waals surface area contributed by atoms with Crippen molar-refractivity contribution in [2.75, 3.05) is 11.9 Å². The lowest BCUT2D eigenvalue weighted by Gasteiger charge is -2.08. The summed E-state index contributed by atoms with van der Waals surface area (Å²) in [6.45, 7) is 2.96. The van der Waals surface area contributed by atoms with Crippen molar-refractivity contribution in [3.63, 3.8) is 0 Å². The van der Waals surface area contributed by atoms with Crippen molar-refractivity contribution in [1.82, 2.24) is 20.1 Å². The fourth-order valence-corrected chi connectivity index (χ4v) is 3.11. The molecule has 2 N–H and O–H groups in total. The zero-order chi connectivity index (χ0) is 16.8. The fraction of sp³-hybridized carbons (Fsp3) is 0.235. The Balaban J connectivity index is 1.45. The molecule has 0 aliphatic rings. The van der Waals surface area contributed by atoms with Crippen LogP contribution in [0.4, 0.5) is 5.69 Å². The van der Waals surface area contributed by atoms with E-state index in [1.54, 1.807) is 22.3 Å². The zero-order valence-corrected chi connectivity index (χ0v) is 14.2. The standard InChI is InChI=1S/C17H19N5OS/c1-2-15-7-8-16(24-15)9-20-17(23)10-19-13-3-5-14(6-4-13)22-12-18-11-21-22/h3-8,11-12,19H,2,9-10H2,1H3,(H,20,23). The molecular weight excluding hydrogens is 322 g/mol. The predicted molar refractivity (Wildman–Crippen MR) is 95.4 cm³/mol. The van der Waals surface area contributed by atoms with Gasteiger partial charge in [-0.05, 0) is 42.8 Å². The Morgan fingerprint density at radius 2 is 1.96 bits per heavy atom. The van der Waals surface area contributed by atoms with Gasteiger partial charge < -0.3 is 10.6 Å². The van der Waals surface area contributed by atoms with Crippen LogP contribution in [0.15, 0.2) is 49.1 Å². The van der Waals surface area contributed by atoms with Crippen molar-refractivity contribution in [3.8, 4) is 5.69 Å². The van der Waals surface area contributed by atoms with Crippen LogP contribution >= 0.6 is 11.3 Å². The maximum atomic E-state index is 11.9. The molecule has 1 amide bonds. The number of anilines is 1. The Morgan fingerprint density at radius 1 is 1.17 bits per heavy atom. The first-order valence-corrected chi connectivity index (χ1v) is 8.59. The van der Waals surface area contributed by atoms with E-state index in [-0.39, 0.29) is 12.5 Å². The van der Waals surface area contributed by atoms with E-state index >= 15 is 0 Å². The highest BCUT2D eigenvalue weighted by molar-refractivity contribution is 7.11. The summed E-state index contributed by atoms with van der Waals surface area (Å²) in [6, 6.07) is 11.9. The van der Waals surface area contributed by atoms with Crippen LogP contribution in [-0.2, 0) is 17.8 Å². The van der Waals surface area contributed by atoms with E-state index in [4.69, 9.17) is 0 Å². The second-order valence-electron chi connectivity index (χ2n) is 5.24. The molecule has 0 aliphatic carbocycles. The molecule has 2 heterocycles. The Bertz CT molecular complexity index is 780. The molecule has 0 aliphatic heterocycles. The molecule has 2 aromatic heterocycles. The van der Waals surface area contributed by atoms with E-state index in [0.29, 0.717) is 6.54 Å². The molecule has 3 aromatic rings. The molecule has 0 saturated carbocycles. The number of hydrogen-bond acceptors (Lipinski definition) is 5. The Hall–Kier alpha value is -2.67. The van der Waals surface area contributed by atoms with Gasteiger partial charge in [-0.3, -0.25) is 4.79 Å². The highest BCUT2D eigenvalue weighted by Gasteiger charge is 2.04. The Kier molecular flexibility index (Phi) is 5.22. The zero-order valence-electron chi connectivity index (χ0n) is 13.4. The first-order chi connectivity index (χ1) is 11.7. The number of hydrogen-bond donors (Lipinski definition) is 2. The van der Waals surface area contributed by atoms with Crippen LogP contribution in [-0.4, -0.2) is 27.2 Å². The van der Waals surface area contributed by atoms with Gasteiger partial charge in [-0.2, -0.15) is 5.10 Å². The number of benzene rings is 1. The molecule has 0 spiro atoms. The molecule has 24 heavy (non-hydrogen) atoms. The summed E-state index contributed by atoms with van der Waals surface area (Å²) in [7, 11) is 0. The summed E-state index contributed by atoms with van der Waals surface area (Å²) in [5, 5.41) is 10.1. The normalized spacial score (nSPS) is 10.5. The number of aromatic nitrogens is 3. The average Bonchev–Trinajstić information content (AvgIpc) is 3.30. The minimum atomic E-state index is -0.0261. The number of nitrogens with zero attached hydrogens (tertiary/aromatic N) is 3. The molecule has 0 radical (unpaired) electrons. The second-order valence-corrected chi connectivity index (χ2v) is 6.49. The molecule has 0 atom stereocenters. The number of carbonyl (C=O) groups is 1. The van der Waals surface area contributed by atoms with Crippen LogP contribution in [0, 0.1) is 0 Å². The number of thiophene rings is 1. The van der Waals surface area contributed by atoms with Crippen LogP contribution in [0.25, 0.3) is 5.69 Å².